The maximum absolute atomic E-state index is 13.1. The van der Waals surface area contributed by atoms with Gasteiger partial charge in [0.05, 0.1) is 26.2 Å². The molecule has 1 fully saturated rings. The molecule has 30 heavy (non-hydrogen) atoms. The molecule has 1 heterocycles. The number of carbonyl (C=O) groups excluding carboxylic acids is 1. The van der Waals surface area contributed by atoms with Crippen LogP contribution in [0.5, 0.6) is 11.5 Å². The SMILES string of the molecule is CC[C@@H](NC(=O)[C@H]1CCCN(Cc2ccccc2Cl)C1)c1ccc(OC)c(OC)c1. The van der Waals surface area contributed by atoms with Gasteiger partial charge in [0, 0.05) is 18.1 Å². The predicted octanol–water partition coefficient (Wildman–Crippen LogP) is 4.84. The molecule has 2 aromatic carbocycles. The molecule has 0 aromatic heterocycles. The molecule has 1 N–H and O–H groups in total. The van der Waals surface area contributed by atoms with E-state index >= 15 is 0 Å². The van der Waals surface area contributed by atoms with Crippen molar-refractivity contribution in [2.45, 2.75) is 38.8 Å². The summed E-state index contributed by atoms with van der Waals surface area (Å²) >= 11 is 6.32. The number of methoxy groups -OCH3 is 2. The van der Waals surface area contributed by atoms with Crippen molar-refractivity contribution >= 4 is 17.5 Å². The molecule has 1 aliphatic heterocycles. The zero-order valence-corrected chi connectivity index (χ0v) is 18.7. The summed E-state index contributed by atoms with van der Waals surface area (Å²) in [5.41, 5.74) is 2.13. The molecule has 0 aliphatic carbocycles. The van der Waals surface area contributed by atoms with Crippen molar-refractivity contribution in [3.8, 4) is 11.5 Å². The quantitative estimate of drug-likeness (QED) is 0.651. The van der Waals surface area contributed by atoms with E-state index in [-0.39, 0.29) is 17.9 Å². The smallest absolute Gasteiger partial charge is 0.224 e. The van der Waals surface area contributed by atoms with Crippen LogP contribution in [-0.2, 0) is 11.3 Å². The van der Waals surface area contributed by atoms with Crippen molar-refractivity contribution in [3.05, 3.63) is 58.6 Å². The second-order valence-electron chi connectivity index (χ2n) is 7.75. The number of rotatable bonds is 8. The van der Waals surface area contributed by atoms with Crippen molar-refractivity contribution in [3.63, 3.8) is 0 Å². The Morgan fingerprint density at radius 1 is 1.20 bits per heavy atom. The molecule has 0 bridgehead atoms. The third-order valence-electron chi connectivity index (χ3n) is 5.76. The fraction of sp³-hybridized carbons (Fsp3) is 0.458. The molecule has 1 saturated heterocycles. The number of likely N-dealkylation sites (tertiary alicyclic amines) is 1. The van der Waals surface area contributed by atoms with Crippen LogP contribution < -0.4 is 14.8 Å². The van der Waals surface area contributed by atoms with Gasteiger partial charge in [-0.1, -0.05) is 42.8 Å². The van der Waals surface area contributed by atoms with Crippen LogP contribution in [0.2, 0.25) is 5.02 Å². The topological polar surface area (TPSA) is 50.8 Å². The zero-order chi connectivity index (χ0) is 21.5. The Kier molecular flexibility index (Phi) is 8.00. The molecule has 5 nitrogen and oxygen atoms in total. The van der Waals surface area contributed by atoms with Crippen molar-refractivity contribution in [1.82, 2.24) is 10.2 Å². The lowest BCUT2D eigenvalue weighted by molar-refractivity contribution is -0.127. The second-order valence-corrected chi connectivity index (χ2v) is 8.16. The molecule has 0 saturated carbocycles. The molecule has 162 valence electrons. The van der Waals surface area contributed by atoms with Crippen LogP contribution in [0, 0.1) is 5.92 Å². The minimum Gasteiger partial charge on any atom is -0.493 e. The summed E-state index contributed by atoms with van der Waals surface area (Å²) in [7, 11) is 3.24. The Bertz CT molecular complexity index is 858. The highest BCUT2D eigenvalue weighted by molar-refractivity contribution is 6.31. The van der Waals surface area contributed by atoms with Crippen LogP contribution in [0.1, 0.15) is 43.4 Å². The largest absolute Gasteiger partial charge is 0.493 e. The third-order valence-corrected chi connectivity index (χ3v) is 6.13. The van der Waals surface area contributed by atoms with Crippen molar-refractivity contribution in [2.24, 2.45) is 5.92 Å². The van der Waals surface area contributed by atoms with E-state index in [9.17, 15) is 4.79 Å². The van der Waals surface area contributed by atoms with Gasteiger partial charge in [0.25, 0.3) is 0 Å². The number of benzene rings is 2. The van der Waals surface area contributed by atoms with Crippen LogP contribution in [0.4, 0.5) is 0 Å². The Morgan fingerprint density at radius 3 is 2.67 bits per heavy atom. The molecule has 0 radical (unpaired) electrons. The molecule has 2 aromatic rings. The molecule has 2 atom stereocenters. The fourth-order valence-corrected chi connectivity index (χ4v) is 4.26. The monoisotopic (exact) mass is 430 g/mol. The average molecular weight is 431 g/mol. The molecule has 0 unspecified atom stereocenters. The lowest BCUT2D eigenvalue weighted by Gasteiger charge is -2.33. The number of ether oxygens (including phenoxy) is 2. The summed E-state index contributed by atoms with van der Waals surface area (Å²) in [6.07, 6.45) is 2.72. The molecular formula is C24H31ClN2O3. The van der Waals surface area contributed by atoms with Gasteiger partial charge < -0.3 is 14.8 Å². The maximum Gasteiger partial charge on any atom is 0.224 e. The summed E-state index contributed by atoms with van der Waals surface area (Å²) in [6, 6.07) is 13.7. The van der Waals surface area contributed by atoms with Gasteiger partial charge in [0.1, 0.15) is 0 Å². The van der Waals surface area contributed by atoms with Crippen molar-refractivity contribution < 1.29 is 14.3 Å². The van der Waals surface area contributed by atoms with E-state index in [0.717, 1.165) is 55.0 Å². The standard InChI is InChI=1S/C24H31ClN2O3/c1-4-21(17-11-12-22(29-2)23(14-17)30-3)26-24(28)19-9-7-13-27(16-19)15-18-8-5-6-10-20(18)25/h5-6,8,10-12,14,19,21H,4,7,9,13,15-16H2,1-3H3,(H,26,28)/t19-,21+/m0/s1. The first-order valence-electron chi connectivity index (χ1n) is 10.5. The average Bonchev–Trinajstić information content (AvgIpc) is 2.78. The minimum atomic E-state index is -0.0590. The third kappa shape index (κ3) is 5.46. The molecule has 0 spiro atoms. The van der Waals surface area contributed by atoms with Crippen LogP contribution in [0.3, 0.4) is 0 Å². The van der Waals surface area contributed by atoms with E-state index in [1.165, 1.54) is 0 Å². The first kappa shape index (κ1) is 22.4. The maximum atomic E-state index is 13.1. The number of nitrogens with zero attached hydrogens (tertiary/aromatic N) is 1. The second kappa shape index (κ2) is 10.7. The van der Waals surface area contributed by atoms with E-state index in [1.807, 2.05) is 36.4 Å². The minimum absolute atomic E-state index is 0.0181. The molecule has 1 amide bonds. The summed E-state index contributed by atoms with van der Waals surface area (Å²) in [4.78, 5) is 15.4. The predicted molar refractivity (Wildman–Crippen MR) is 120 cm³/mol. The number of hydrogen-bond acceptors (Lipinski definition) is 4. The Balaban J connectivity index is 1.64. The van der Waals surface area contributed by atoms with Crippen LogP contribution in [0.15, 0.2) is 42.5 Å². The Labute approximate surface area is 184 Å². The number of halogens is 1. The van der Waals surface area contributed by atoms with Gasteiger partial charge in [0.15, 0.2) is 11.5 Å². The summed E-state index contributed by atoms with van der Waals surface area (Å²) < 4.78 is 10.7. The van der Waals surface area contributed by atoms with Crippen molar-refractivity contribution in [2.75, 3.05) is 27.3 Å². The summed E-state index contributed by atoms with van der Waals surface area (Å²) in [5, 5.41) is 4.03. The van der Waals surface area contributed by atoms with Gasteiger partial charge in [-0.15, -0.1) is 0 Å². The molecule has 3 rings (SSSR count). The summed E-state index contributed by atoms with van der Waals surface area (Å²) in [6.45, 7) is 4.59. The molecule has 1 aliphatic rings. The van der Waals surface area contributed by atoms with E-state index in [1.54, 1.807) is 14.2 Å². The molecule has 6 heteroatoms. The molecular weight excluding hydrogens is 400 g/mol. The number of amides is 1. The first-order chi connectivity index (χ1) is 14.5. The lowest BCUT2D eigenvalue weighted by atomic mass is 9.95. The normalized spacial score (nSPS) is 17.9. The lowest BCUT2D eigenvalue weighted by Crippen LogP contribution is -2.43. The van der Waals surface area contributed by atoms with E-state index in [0.29, 0.717) is 11.5 Å². The zero-order valence-electron chi connectivity index (χ0n) is 18.0. The Morgan fingerprint density at radius 2 is 1.97 bits per heavy atom. The fourth-order valence-electron chi connectivity index (χ4n) is 4.06. The van der Waals surface area contributed by atoms with Crippen LogP contribution in [-0.4, -0.2) is 38.1 Å². The highest BCUT2D eigenvalue weighted by Crippen LogP contribution is 2.31. The van der Waals surface area contributed by atoms with Gasteiger partial charge in [-0.25, -0.2) is 0 Å². The van der Waals surface area contributed by atoms with E-state index < -0.39 is 0 Å². The highest BCUT2D eigenvalue weighted by atomic mass is 35.5. The number of carbonyl (C=O) groups is 1. The van der Waals surface area contributed by atoms with Gasteiger partial charge >= 0.3 is 0 Å². The summed E-state index contributed by atoms with van der Waals surface area (Å²) in [5.74, 6) is 1.45. The number of hydrogen-bond donors (Lipinski definition) is 1. The number of piperidine rings is 1. The van der Waals surface area contributed by atoms with Gasteiger partial charge in [-0.2, -0.15) is 0 Å². The van der Waals surface area contributed by atoms with Crippen molar-refractivity contribution in [1.29, 1.82) is 0 Å². The van der Waals surface area contributed by atoms with Gasteiger partial charge in [-0.05, 0) is 55.1 Å². The first-order valence-corrected chi connectivity index (χ1v) is 10.9. The van der Waals surface area contributed by atoms with Crippen LogP contribution in [0.25, 0.3) is 0 Å². The van der Waals surface area contributed by atoms with E-state index in [4.69, 9.17) is 21.1 Å². The van der Waals surface area contributed by atoms with Crippen LogP contribution >= 0.6 is 11.6 Å². The van der Waals surface area contributed by atoms with Gasteiger partial charge in [0.2, 0.25) is 5.91 Å². The van der Waals surface area contributed by atoms with Gasteiger partial charge in [-0.3, -0.25) is 9.69 Å². The van der Waals surface area contributed by atoms with E-state index in [2.05, 4.69) is 23.2 Å². The highest BCUT2D eigenvalue weighted by Gasteiger charge is 2.27. The number of nitrogens with one attached hydrogen (secondary N) is 1. The Hall–Kier alpha value is -2.24.